The molecule has 0 saturated heterocycles. The Balaban J connectivity index is 1.79. The SMILES string of the molecule is CC(NC1CCc2c(O)cccc21)c1nn[nH]n1. The van der Waals surface area contributed by atoms with Crippen LogP contribution in [0.5, 0.6) is 5.75 Å². The molecular formula is C12H15N5O. The second-order valence-electron chi connectivity index (χ2n) is 4.59. The minimum atomic E-state index is 0.0297. The highest BCUT2D eigenvalue weighted by Gasteiger charge is 2.26. The normalized spacial score (nSPS) is 19.7. The number of tetrazole rings is 1. The van der Waals surface area contributed by atoms with Crippen LogP contribution in [0.15, 0.2) is 18.2 Å². The third-order valence-corrected chi connectivity index (χ3v) is 3.45. The summed E-state index contributed by atoms with van der Waals surface area (Å²) in [5, 5.41) is 27.2. The Bertz CT molecular complexity index is 539. The number of phenols is 1. The Morgan fingerprint density at radius 1 is 1.50 bits per heavy atom. The highest BCUT2D eigenvalue weighted by Crippen LogP contribution is 2.37. The number of aromatic hydroxyl groups is 1. The maximum Gasteiger partial charge on any atom is 0.191 e. The molecule has 1 heterocycles. The van der Waals surface area contributed by atoms with Crippen molar-refractivity contribution < 1.29 is 5.11 Å². The van der Waals surface area contributed by atoms with Gasteiger partial charge in [0, 0.05) is 6.04 Å². The number of hydrogen-bond donors (Lipinski definition) is 3. The lowest BCUT2D eigenvalue weighted by molar-refractivity contribution is 0.450. The van der Waals surface area contributed by atoms with E-state index < -0.39 is 0 Å². The first-order valence-corrected chi connectivity index (χ1v) is 6.06. The molecule has 18 heavy (non-hydrogen) atoms. The van der Waals surface area contributed by atoms with Crippen LogP contribution in [0, 0.1) is 0 Å². The minimum Gasteiger partial charge on any atom is -0.508 e. The van der Waals surface area contributed by atoms with Crippen molar-refractivity contribution in [3.8, 4) is 5.75 Å². The van der Waals surface area contributed by atoms with Gasteiger partial charge in [0.1, 0.15) is 5.75 Å². The maximum atomic E-state index is 9.80. The molecule has 0 radical (unpaired) electrons. The standard InChI is InChI=1S/C12H15N5O/c1-7(12-14-16-17-15-12)13-10-6-5-9-8(10)3-2-4-11(9)18/h2-4,7,10,13,18H,5-6H2,1H3,(H,14,15,16,17). The molecule has 1 aromatic heterocycles. The van der Waals surface area contributed by atoms with Gasteiger partial charge in [-0.1, -0.05) is 17.3 Å². The fourth-order valence-electron chi connectivity index (χ4n) is 2.54. The van der Waals surface area contributed by atoms with Gasteiger partial charge >= 0.3 is 0 Å². The van der Waals surface area contributed by atoms with E-state index in [-0.39, 0.29) is 12.1 Å². The predicted octanol–water partition coefficient (Wildman–Crippen LogP) is 1.24. The Labute approximate surface area is 104 Å². The molecule has 0 spiro atoms. The zero-order valence-corrected chi connectivity index (χ0v) is 10.1. The van der Waals surface area contributed by atoms with E-state index in [0.717, 1.165) is 18.4 Å². The minimum absolute atomic E-state index is 0.0297. The molecule has 2 atom stereocenters. The van der Waals surface area contributed by atoms with Gasteiger partial charge in [-0.05, 0) is 37.0 Å². The van der Waals surface area contributed by atoms with Crippen molar-refractivity contribution in [2.75, 3.05) is 0 Å². The van der Waals surface area contributed by atoms with Gasteiger partial charge in [0.2, 0.25) is 0 Å². The molecule has 1 aliphatic rings. The summed E-state index contributed by atoms with van der Waals surface area (Å²) in [4.78, 5) is 0. The topological polar surface area (TPSA) is 86.7 Å². The van der Waals surface area contributed by atoms with Crippen LogP contribution in [0.3, 0.4) is 0 Å². The molecule has 0 fully saturated rings. The van der Waals surface area contributed by atoms with Crippen LogP contribution in [0.2, 0.25) is 0 Å². The lowest BCUT2D eigenvalue weighted by atomic mass is 10.1. The number of nitrogens with one attached hydrogen (secondary N) is 2. The van der Waals surface area contributed by atoms with Gasteiger partial charge in [-0.3, -0.25) is 0 Å². The second kappa shape index (κ2) is 4.38. The average Bonchev–Trinajstić information content (AvgIpc) is 2.99. The number of rotatable bonds is 3. The zero-order chi connectivity index (χ0) is 12.5. The first kappa shape index (κ1) is 11.2. The van der Waals surface area contributed by atoms with Crippen molar-refractivity contribution in [2.45, 2.75) is 31.8 Å². The second-order valence-corrected chi connectivity index (χ2v) is 4.59. The lowest BCUT2D eigenvalue weighted by Crippen LogP contribution is -2.23. The van der Waals surface area contributed by atoms with Gasteiger partial charge in [0.05, 0.1) is 6.04 Å². The first-order valence-electron chi connectivity index (χ1n) is 6.06. The monoisotopic (exact) mass is 245 g/mol. The van der Waals surface area contributed by atoms with E-state index in [0.29, 0.717) is 11.6 Å². The summed E-state index contributed by atoms with van der Waals surface area (Å²) in [6.45, 7) is 2.01. The summed E-state index contributed by atoms with van der Waals surface area (Å²) in [6, 6.07) is 5.95. The van der Waals surface area contributed by atoms with E-state index in [1.807, 2.05) is 13.0 Å². The van der Waals surface area contributed by atoms with Crippen molar-refractivity contribution in [1.82, 2.24) is 25.9 Å². The van der Waals surface area contributed by atoms with Gasteiger partial charge < -0.3 is 10.4 Å². The van der Waals surface area contributed by atoms with Crippen LogP contribution in [-0.4, -0.2) is 25.7 Å². The molecule has 3 N–H and O–H groups in total. The van der Waals surface area contributed by atoms with Crippen LogP contribution < -0.4 is 5.32 Å². The summed E-state index contributed by atoms with van der Waals surface area (Å²) in [5.41, 5.74) is 2.22. The molecule has 0 amide bonds. The summed E-state index contributed by atoms with van der Waals surface area (Å²) < 4.78 is 0. The third kappa shape index (κ3) is 1.84. The Hall–Kier alpha value is -1.95. The largest absolute Gasteiger partial charge is 0.508 e. The van der Waals surface area contributed by atoms with Gasteiger partial charge in [-0.25, -0.2) is 0 Å². The van der Waals surface area contributed by atoms with Crippen LogP contribution in [0.4, 0.5) is 0 Å². The third-order valence-electron chi connectivity index (χ3n) is 3.45. The summed E-state index contributed by atoms with van der Waals surface area (Å²) in [7, 11) is 0. The van der Waals surface area contributed by atoms with Crippen LogP contribution in [0.1, 0.15) is 42.4 Å². The number of hydrogen-bond acceptors (Lipinski definition) is 5. The van der Waals surface area contributed by atoms with Crippen molar-refractivity contribution in [3.63, 3.8) is 0 Å². The molecule has 0 saturated carbocycles. The summed E-state index contributed by atoms with van der Waals surface area (Å²) in [5.74, 6) is 1.05. The Morgan fingerprint density at radius 3 is 3.17 bits per heavy atom. The molecule has 1 aliphatic carbocycles. The van der Waals surface area contributed by atoms with Crippen molar-refractivity contribution in [1.29, 1.82) is 0 Å². The maximum absolute atomic E-state index is 9.80. The molecule has 94 valence electrons. The molecule has 3 rings (SSSR count). The van der Waals surface area contributed by atoms with Crippen molar-refractivity contribution in [3.05, 3.63) is 35.2 Å². The van der Waals surface area contributed by atoms with Crippen LogP contribution in [0.25, 0.3) is 0 Å². The molecule has 6 nitrogen and oxygen atoms in total. The lowest BCUT2D eigenvalue weighted by Gasteiger charge is -2.17. The molecule has 6 heteroatoms. The van der Waals surface area contributed by atoms with Gasteiger partial charge in [-0.2, -0.15) is 5.21 Å². The van der Waals surface area contributed by atoms with Crippen LogP contribution in [-0.2, 0) is 6.42 Å². The Kier molecular flexibility index (Phi) is 2.71. The molecule has 0 bridgehead atoms. The first-order chi connectivity index (χ1) is 8.75. The van der Waals surface area contributed by atoms with Gasteiger partial charge in [0.25, 0.3) is 0 Å². The summed E-state index contributed by atoms with van der Waals surface area (Å²) >= 11 is 0. The summed E-state index contributed by atoms with van der Waals surface area (Å²) in [6.07, 6.45) is 1.88. The zero-order valence-electron chi connectivity index (χ0n) is 10.1. The number of phenolic OH excluding ortho intramolecular Hbond substituents is 1. The van der Waals surface area contributed by atoms with E-state index in [2.05, 4.69) is 32.0 Å². The van der Waals surface area contributed by atoms with Crippen molar-refractivity contribution >= 4 is 0 Å². The van der Waals surface area contributed by atoms with E-state index in [1.165, 1.54) is 5.56 Å². The van der Waals surface area contributed by atoms with Gasteiger partial charge in [-0.15, -0.1) is 10.2 Å². The van der Waals surface area contributed by atoms with E-state index in [9.17, 15) is 5.11 Å². The molecule has 2 aromatic rings. The fourth-order valence-corrected chi connectivity index (χ4v) is 2.54. The quantitative estimate of drug-likeness (QED) is 0.757. The number of aromatic nitrogens is 4. The molecule has 1 aromatic carbocycles. The predicted molar refractivity (Wildman–Crippen MR) is 64.9 cm³/mol. The fraction of sp³-hybridized carbons (Fsp3) is 0.417. The van der Waals surface area contributed by atoms with E-state index in [4.69, 9.17) is 0 Å². The number of fused-ring (bicyclic) bond motifs is 1. The highest BCUT2D eigenvalue weighted by atomic mass is 16.3. The van der Waals surface area contributed by atoms with Crippen LogP contribution >= 0.6 is 0 Å². The van der Waals surface area contributed by atoms with Crippen molar-refractivity contribution in [2.24, 2.45) is 0 Å². The number of nitrogens with zero attached hydrogens (tertiary/aromatic N) is 3. The molecule has 0 aliphatic heterocycles. The average molecular weight is 245 g/mol. The molecule has 2 unspecified atom stereocenters. The number of benzene rings is 1. The van der Waals surface area contributed by atoms with E-state index >= 15 is 0 Å². The van der Waals surface area contributed by atoms with E-state index in [1.54, 1.807) is 6.07 Å². The Morgan fingerprint density at radius 2 is 2.39 bits per heavy atom. The highest BCUT2D eigenvalue weighted by molar-refractivity contribution is 5.44. The molecular weight excluding hydrogens is 230 g/mol. The van der Waals surface area contributed by atoms with Gasteiger partial charge in [0.15, 0.2) is 5.82 Å². The smallest absolute Gasteiger partial charge is 0.191 e. The number of H-pyrrole nitrogens is 1. The number of aromatic amines is 1.